The fourth-order valence-corrected chi connectivity index (χ4v) is 5.54. The summed E-state index contributed by atoms with van der Waals surface area (Å²) >= 11 is 0. The molecule has 0 unspecified atom stereocenters. The fourth-order valence-electron chi connectivity index (χ4n) is 5.54. The molecule has 0 saturated carbocycles. The molecule has 0 radical (unpaired) electrons. The van der Waals surface area contributed by atoms with E-state index in [0.717, 1.165) is 55.3 Å². The van der Waals surface area contributed by atoms with Crippen molar-refractivity contribution in [1.82, 2.24) is 19.5 Å². The van der Waals surface area contributed by atoms with Crippen LogP contribution in [0, 0.1) is 0 Å². The largest absolute Gasteiger partial charge is 0.456 e. The van der Waals surface area contributed by atoms with Gasteiger partial charge in [-0.25, -0.2) is 15.0 Å². The van der Waals surface area contributed by atoms with Crippen molar-refractivity contribution in [3.63, 3.8) is 0 Å². The lowest BCUT2D eigenvalue weighted by Gasteiger charge is -2.09. The van der Waals surface area contributed by atoms with E-state index in [1.807, 2.05) is 12.1 Å². The second kappa shape index (κ2) is 8.11. The highest BCUT2D eigenvalue weighted by Gasteiger charge is 2.19. The van der Waals surface area contributed by atoms with Crippen molar-refractivity contribution in [2.24, 2.45) is 0 Å². The van der Waals surface area contributed by atoms with Gasteiger partial charge in [-0.05, 0) is 53.6 Å². The van der Waals surface area contributed by atoms with Gasteiger partial charge in [0.05, 0.1) is 16.4 Å². The maximum absolute atomic E-state index is 6.26. The lowest BCUT2D eigenvalue weighted by Crippen LogP contribution is -1.93. The van der Waals surface area contributed by atoms with E-state index >= 15 is 0 Å². The van der Waals surface area contributed by atoms with E-state index in [1.54, 1.807) is 0 Å². The third-order valence-electron chi connectivity index (χ3n) is 7.25. The molecule has 5 nitrogen and oxygen atoms in total. The average molecular weight is 489 g/mol. The van der Waals surface area contributed by atoms with Crippen LogP contribution in [0.25, 0.3) is 71.9 Å². The average Bonchev–Trinajstić information content (AvgIpc) is 3.53. The van der Waals surface area contributed by atoms with E-state index in [-0.39, 0.29) is 0 Å². The molecule has 0 amide bonds. The van der Waals surface area contributed by atoms with Crippen LogP contribution in [0.15, 0.2) is 126 Å². The lowest BCUT2D eigenvalue weighted by molar-refractivity contribution is 0.669. The van der Waals surface area contributed by atoms with Crippen LogP contribution in [0.5, 0.6) is 0 Å². The Labute approximate surface area is 217 Å². The molecule has 38 heavy (non-hydrogen) atoms. The molecule has 8 aromatic rings. The first kappa shape index (κ1) is 20.9. The first-order valence-electron chi connectivity index (χ1n) is 12.5. The quantitative estimate of drug-likeness (QED) is 0.251. The number of fused-ring (bicyclic) bond motifs is 7. The standard InChI is InChI=1S/C33H20N4O/c1-2-6-24(7-3-1)37-28-16-14-23(21-10-12-22(13-11-21)33-35-19-34-20-36-33)18-27(28)25-15-17-30-31(32(25)37)26-8-4-5-9-29(26)38-30/h1-20H. The summed E-state index contributed by atoms with van der Waals surface area (Å²) in [5.41, 5.74) is 8.51. The zero-order valence-electron chi connectivity index (χ0n) is 20.2. The third-order valence-corrected chi connectivity index (χ3v) is 7.25. The van der Waals surface area contributed by atoms with E-state index in [4.69, 9.17) is 4.42 Å². The van der Waals surface area contributed by atoms with Crippen molar-refractivity contribution in [2.75, 3.05) is 0 Å². The number of furan rings is 1. The van der Waals surface area contributed by atoms with Crippen LogP contribution in [-0.4, -0.2) is 19.5 Å². The molecule has 0 N–H and O–H groups in total. The Hall–Kier alpha value is -5.29. The van der Waals surface area contributed by atoms with E-state index in [2.05, 4.69) is 117 Å². The van der Waals surface area contributed by atoms with Crippen molar-refractivity contribution in [3.05, 3.63) is 122 Å². The zero-order valence-corrected chi connectivity index (χ0v) is 20.2. The molecule has 0 aliphatic rings. The van der Waals surface area contributed by atoms with E-state index < -0.39 is 0 Å². The van der Waals surface area contributed by atoms with Crippen LogP contribution >= 0.6 is 0 Å². The molecule has 0 fully saturated rings. The van der Waals surface area contributed by atoms with Gasteiger partial charge >= 0.3 is 0 Å². The summed E-state index contributed by atoms with van der Waals surface area (Å²) in [4.78, 5) is 12.5. The minimum absolute atomic E-state index is 0.671. The predicted octanol–water partition coefficient (Wildman–Crippen LogP) is 8.20. The summed E-state index contributed by atoms with van der Waals surface area (Å²) in [5, 5.41) is 4.67. The van der Waals surface area contributed by atoms with Gasteiger partial charge in [0, 0.05) is 27.4 Å². The van der Waals surface area contributed by atoms with Gasteiger partial charge in [-0.15, -0.1) is 0 Å². The molecule has 0 atom stereocenters. The second-order valence-electron chi connectivity index (χ2n) is 9.38. The van der Waals surface area contributed by atoms with Crippen molar-refractivity contribution in [1.29, 1.82) is 0 Å². The number of hydrogen-bond acceptors (Lipinski definition) is 4. The number of rotatable bonds is 3. The summed E-state index contributed by atoms with van der Waals surface area (Å²) in [6.45, 7) is 0. The van der Waals surface area contributed by atoms with Crippen LogP contribution in [-0.2, 0) is 0 Å². The van der Waals surface area contributed by atoms with Gasteiger partial charge in [-0.1, -0.05) is 66.7 Å². The molecule has 3 heterocycles. The predicted molar refractivity (Wildman–Crippen MR) is 152 cm³/mol. The number of nitrogens with zero attached hydrogens (tertiary/aromatic N) is 4. The Morgan fingerprint density at radius 1 is 0.553 bits per heavy atom. The van der Waals surface area contributed by atoms with Gasteiger partial charge in [0.25, 0.3) is 0 Å². The summed E-state index contributed by atoms with van der Waals surface area (Å²) in [6, 6.07) is 38.2. The van der Waals surface area contributed by atoms with Gasteiger partial charge in [0.1, 0.15) is 23.8 Å². The van der Waals surface area contributed by atoms with Crippen molar-refractivity contribution >= 4 is 43.7 Å². The fraction of sp³-hybridized carbons (Fsp3) is 0. The van der Waals surface area contributed by atoms with E-state index in [1.165, 1.54) is 23.4 Å². The number of aromatic nitrogens is 4. The van der Waals surface area contributed by atoms with Crippen LogP contribution in [0.3, 0.4) is 0 Å². The number of benzene rings is 5. The molecule has 0 aliphatic carbocycles. The maximum Gasteiger partial charge on any atom is 0.162 e. The van der Waals surface area contributed by atoms with E-state index in [0.29, 0.717) is 5.82 Å². The molecule has 5 aromatic carbocycles. The molecule has 8 rings (SSSR count). The molecule has 0 spiro atoms. The van der Waals surface area contributed by atoms with Crippen LogP contribution in [0.2, 0.25) is 0 Å². The van der Waals surface area contributed by atoms with E-state index in [9.17, 15) is 0 Å². The Balaban J connectivity index is 1.40. The molecular weight excluding hydrogens is 468 g/mol. The monoisotopic (exact) mass is 488 g/mol. The first-order chi connectivity index (χ1) is 18.8. The normalized spacial score (nSPS) is 11.7. The summed E-state index contributed by atoms with van der Waals surface area (Å²) < 4.78 is 8.62. The Kier molecular flexibility index (Phi) is 4.45. The summed E-state index contributed by atoms with van der Waals surface area (Å²) in [6.07, 6.45) is 3.04. The summed E-state index contributed by atoms with van der Waals surface area (Å²) in [7, 11) is 0. The molecule has 0 bridgehead atoms. The number of hydrogen-bond donors (Lipinski definition) is 0. The molecule has 0 saturated heterocycles. The first-order valence-corrected chi connectivity index (χ1v) is 12.5. The molecular formula is C33H20N4O. The Bertz CT molecular complexity index is 2110. The summed E-state index contributed by atoms with van der Waals surface area (Å²) in [5.74, 6) is 0.671. The minimum atomic E-state index is 0.671. The van der Waals surface area contributed by atoms with Gasteiger partial charge in [-0.2, -0.15) is 0 Å². The second-order valence-corrected chi connectivity index (χ2v) is 9.38. The third kappa shape index (κ3) is 3.09. The molecule has 5 heteroatoms. The van der Waals surface area contributed by atoms with Gasteiger partial charge in [0.15, 0.2) is 5.82 Å². The van der Waals surface area contributed by atoms with Gasteiger partial charge < -0.3 is 8.98 Å². The van der Waals surface area contributed by atoms with Gasteiger partial charge in [0.2, 0.25) is 0 Å². The topological polar surface area (TPSA) is 56.7 Å². The number of para-hydroxylation sites is 2. The Morgan fingerprint density at radius 2 is 1.29 bits per heavy atom. The highest BCUT2D eigenvalue weighted by atomic mass is 16.3. The van der Waals surface area contributed by atoms with Crippen LogP contribution in [0.1, 0.15) is 0 Å². The Morgan fingerprint density at radius 3 is 2.13 bits per heavy atom. The van der Waals surface area contributed by atoms with Crippen molar-refractivity contribution in [2.45, 2.75) is 0 Å². The molecule has 0 aliphatic heterocycles. The molecule has 3 aromatic heterocycles. The highest BCUT2D eigenvalue weighted by Crippen LogP contribution is 2.41. The van der Waals surface area contributed by atoms with Crippen molar-refractivity contribution in [3.8, 4) is 28.2 Å². The van der Waals surface area contributed by atoms with Crippen LogP contribution in [0.4, 0.5) is 0 Å². The zero-order chi connectivity index (χ0) is 25.1. The van der Waals surface area contributed by atoms with Crippen LogP contribution < -0.4 is 0 Å². The van der Waals surface area contributed by atoms with Crippen molar-refractivity contribution < 1.29 is 4.42 Å². The maximum atomic E-state index is 6.26. The lowest BCUT2D eigenvalue weighted by atomic mass is 10.0. The smallest absolute Gasteiger partial charge is 0.162 e. The van der Waals surface area contributed by atoms with Gasteiger partial charge in [-0.3, -0.25) is 0 Å². The SMILES string of the molecule is c1ccc(-n2c3ccc(-c4ccc(-c5ncncn5)cc4)cc3c3ccc4oc5ccccc5c4c32)cc1. The highest BCUT2D eigenvalue weighted by molar-refractivity contribution is 6.24. The molecule has 178 valence electrons. The minimum Gasteiger partial charge on any atom is -0.456 e.